The van der Waals surface area contributed by atoms with Crippen molar-refractivity contribution in [3.05, 3.63) is 18.0 Å². The van der Waals surface area contributed by atoms with Gasteiger partial charge in [-0.05, 0) is 19.4 Å². The fourth-order valence-electron chi connectivity index (χ4n) is 1.86. The SMILES string of the molecule is CCCC(OCC)C(N)Cc1ccn(C)n1. The molecule has 4 heteroatoms. The molecule has 0 aromatic carbocycles. The first-order valence-electron chi connectivity index (χ1n) is 6.03. The Labute approximate surface area is 97.8 Å². The molecule has 0 fully saturated rings. The van der Waals surface area contributed by atoms with Gasteiger partial charge in [0.25, 0.3) is 0 Å². The van der Waals surface area contributed by atoms with Gasteiger partial charge < -0.3 is 10.5 Å². The highest BCUT2D eigenvalue weighted by molar-refractivity contribution is 5.02. The van der Waals surface area contributed by atoms with Gasteiger partial charge in [0.2, 0.25) is 0 Å². The van der Waals surface area contributed by atoms with E-state index in [9.17, 15) is 0 Å². The molecule has 0 aliphatic heterocycles. The quantitative estimate of drug-likeness (QED) is 0.765. The lowest BCUT2D eigenvalue weighted by Gasteiger charge is -2.22. The van der Waals surface area contributed by atoms with Crippen molar-refractivity contribution in [1.29, 1.82) is 0 Å². The third-order valence-electron chi connectivity index (χ3n) is 2.65. The van der Waals surface area contributed by atoms with E-state index in [1.807, 2.05) is 26.2 Å². The molecule has 92 valence electrons. The topological polar surface area (TPSA) is 53.1 Å². The van der Waals surface area contributed by atoms with Crippen molar-refractivity contribution >= 4 is 0 Å². The summed E-state index contributed by atoms with van der Waals surface area (Å²) in [6.07, 6.45) is 4.99. The number of ether oxygens (including phenoxy) is 1. The van der Waals surface area contributed by atoms with Crippen LogP contribution in [0.2, 0.25) is 0 Å². The first-order chi connectivity index (χ1) is 7.67. The van der Waals surface area contributed by atoms with Gasteiger partial charge in [0, 0.05) is 32.3 Å². The molecule has 0 spiro atoms. The Morgan fingerprint density at radius 1 is 1.50 bits per heavy atom. The number of nitrogens with two attached hydrogens (primary N) is 1. The van der Waals surface area contributed by atoms with E-state index >= 15 is 0 Å². The molecule has 1 aromatic rings. The van der Waals surface area contributed by atoms with Crippen LogP contribution in [0.15, 0.2) is 12.3 Å². The molecule has 1 aromatic heterocycles. The van der Waals surface area contributed by atoms with Crippen LogP contribution in [-0.2, 0) is 18.2 Å². The Kier molecular flexibility index (Phi) is 5.49. The highest BCUT2D eigenvalue weighted by Gasteiger charge is 2.18. The van der Waals surface area contributed by atoms with Crippen LogP contribution >= 0.6 is 0 Å². The van der Waals surface area contributed by atoms with E-state index in [1.165, 1.54) is 0 Å². The Bertz CT molecular complexity index is 292. The first-order valence-corrected chi connectivity index (χ1v) is 6.03. The summed E-state index contributed by atoms with van der Waals surface area (Å²) in [5, 5.41) is 4.33. The van der Waals surface area contributed by atoms with Gasteiger partial charge in [-0.15, -0.1) is 0 Å². The zero-order chi connectivity index (χ0) is 12.0. The molecule has 2 N–H and O–H groups in total. The lowest BCUT2D eigenvalue weighted by atomic mass is 10.0. The summed E-state index contributed by atoms with van der Waals surface area (Å²) in [6.45, 7) is 4.89. The van der Waals surface area contributed by atoms with Gasteiger partial charge in [-0.2, -0.15) is 5.10 Å². The molecule has 0 saturated heterocycles. The van der Waals surface area contributed by atoms with E-state index in [4.69, 9.17) is 10.5 Å². The molecule has 1 heterocycles. The van der Waals surface area contributed by atoms with Crippen LogP contribution in [-0.4, -0.2) is 28.5 Å². The number of hydrogen-bond acceptors (Lipinski definition) is 3. The number of hydrogen-bond donors (Lipinski definition) is 1. The summed E-state index contributed by atoms with van der Waals surface area (Å²) in [7, 11) is 1.92. The Balaban J connectivity index is 2.50. The number of rotatable bonds is 7. The number of nitrogens with zero attached hydrogens (tertiary/aromatic N) is 2. The molecule has 2 atom stereocenters. The molecule has 0 aliphatic carbocycles. The number of aromatic nitrogens is 2. The number of aryl methyl sites for hydroxylation is 1. The van der Waals surface area contributed by atoms with Gasteiger partial charge >= 0.3 is 0 Å². The lowest BCUT2D eigenvalue weighted by molar-refractivity contribution is 0.0376. The van der Waals surface area contributed by atoms with Crippen LogP contribution in [0.25, 0.3) is 0 Å². The first kappa shape index (κ1) is 13.2. The lowest BCUT2D eigenvalue weighted by Crippen LogP contribution is -2.38. The maximum Gasteiger partial charge on any atom is 0.0729 e. The second-order valence-corrected chi connectivity index (χ2v) is 4.13. The van der Waals surface area contributed by atoms with Crippen LogP contribution in [0.3, 0.4) is 0 Å². The van der Waals surface area contributed by atoms with Gasteiger partial charge in [-0.3, -0.25) is 4.68 Å². The molecular formula is C12H23N3O. The van der Waals surface area contributed by atoms with Gasteiger partial charge in [0.15, 0.2) is 0 Å². The largest absolute Gasteiger partial charge is 0.377 e. The fourth-order valence-corrected chi connectivity index (χ4v) is 1.86. The van der Waals surface area contributed by atoms with E-state index in [1.54, 1.807) is 4.68 Å². The predicted octanol–water partition coefficient (Wildman–Crippen LogP) is 1.50. The molecule has 0 saturated carbocycles. The normalized spacial score (nSPS) is 15.0. The van der Waals surface area contributed by atoms with Crippen LogP contribution in [0.1, 0.15) is 32.4 Å². The third kappa shape index (κ3) is 3.94. The molecule has 1 rings (SSSR count). The highest BCUT2D eigenvalue weighted by atomic mass is 16.5. The van der Waals surface area contributed by atoms with Gasteiger partial charge in [-0.1, -0.05) is 13.3 Å². The maximum atomic E-state index is 6.16. The second-order valence-electron chi connectivity index (χ2n) is 4.13. The zero-order valence-electron chi connectivity index (χ0n) is 10.5. The molecule has 0 bridgehead atoms. The smallest absolute Gasteiger partial charge is 0.0729 e. The van der Waals surface area contributed by atoms with Crippen molar-refractivity contribution < 1.29 is 4.74 Å². The molecule has 2 unspecified atom stereocenters. The highest BCUT2D eigenvalue weighted by Crippen LogP contribution is 2.10. The molecule has 0 amide bonds. The van der Waals surface area contributed by atoms with E-state index in [0.717, 1.165) is 31.6 Å². The van der Waals surface area contributed by atoms with Crippen molar-refractivity contribution in [3.63, 3.8) is 0 Å². The van der Waals surface area contributed by atoms with Crippen molar-refractivity contribution in [2.45, 2.75) is 45.3 Å². The monoisotopic (exact) mass is 225 g/mol. The van der Waals surface area contributed by atoms with Crippen molar-refractivity contribution in [1.82, 2.24) is 9.78 Å². The molecule has 4 nitrogen and oxygen atoms in total. The fraction of sp³-hybridized carbons (Fsp3) is 0.750. The van der Waals surface area contributed by atoms with Crippen LogP contribution in [0.4, 0.5) is 0 Å². The van der Waals surface area contributed by atoms with E-state index in [0.29, 0.717) is 0 Å². The van der Waals surface area contributed by atoms with E-state index in [2.05, 4.69) is 12.0 Å². The summed E-state index contributed by atoms with van der Waals surface area (Å²) in [4.78, 5) is 0. The zero-order valence-corrected chi connectivity index (χ0v) is 10.5. The maximum absolute atomic E-state index is 6.16. The van der Waals surface area contributed by atoms with Crippen LogP contribution in [0.5, 0.6) is 0 Å². The van der Waals surface area contributed by atoms with Crippen molar-refractivity contribution in [2.24, 2.45) is 12.8 Å². The average molecular weight is 225 g/mol. The van der Waals surface area contributed by atoms with Crippen LogP contribution < -0.4 is 5.73 Å². The third-order valence-corrected chi connectivity index (χ3v) is 2.65. The van der Waals surface area contributed by atoms with Crippen LogP contribution in [0, 0.1) is 0 Å². The standard InChI is InChI=1S/C12H23N3O/c1-4-6-12(16-5-2)11(13)9-10-7-8-15(3)14-10/h7-8,11-12H,4-6,9,13H2,1-3H3. The van der Waals surface area contributed by atoms with Gasteiger partial charge in [-0.25, -0.2) is 0 Å². The predicted molar refractivity (Wildman–Crippen MR) is 65.2 cm³/mol. The summed E-state index contributed by atoms with van der Waals surface area (Å²) in [6, 6.07) is 2.05. The van der Waals surface area contributed by atoms with E-state index in [-0.39, 0.29) is 12.1 Å². The summed E-state index contributed by atoms with van der Waals surface area (Å²) < 4.78 is 7.47. The van der Waals surface area contributed by atoms with E-state index < -0.39 is 0 Å². The minimum atomic E-state index is 0.0369. The second kappa shape index (κ2) is 6.66. The average Bonchev–Trinajstić information content (AvgIpc) is 2.63. The molecular weight excluding hydrogens is 202 g/mol. The Hall–Kier alpha value is -0.870. The Morgan fingerprint density at radius 3 is 2.75 bits per heavy atom. The van der Waals surface area contributed by atoms with Gasteiger partial charge in [0.05, 0.1) is 11.8 Å². The molecule has 16 heavy (non-hydrogen) atoms. The Morgan fingerprint density at radius 2 is 2.25 bits per heavy atom. The minimum absolute atomic E-state index is 0.0369. The molecule has 0 radical (unpaired) electrons. The van der Waals surface area contributed by atoms with Crippen molar-refractivity contribution in [3.8, 4) is 0 Å². The van der Waals surface area contributed by atoms with Crippen molar-refractivity contribution in [2.75, 3.05) is 6.61 Å². The summed E-state index contributed by atoms with van der Waals surface area (Å²) >= 11 is 0. The molecule has 0 aliphatic rings. The summed E-state index contributed by atoms with van der Waals surface area (Å²) in [5.41, 5.74) is 7.19. The minimum Gasteiger partial charge on any atom is -0.377 e. The van der Waals surface area contributed by atoms with Gasteiger partial charge in [0.1, 0.15) is 0 Å². The summed E-state index contributed by atoms with van der Waals surface area (Å²) in [5.74, 6) is 0.